The van der Waals surface area contributed by atoms with Gasteiger partial charge >= 0.3 is 0 Å². The van der Waals surface area contributed by atoms with Gasteiger partial charge in [-0.05, 0) is 19.3 Å². The Hall–Kier alpha value is -0.240. The van der Waals surface area contributed by atoms with Crippen LogP contribution in [0.3, 0.4) is 0 Å². The van der Waals surface area contributed by atoms with Crippen LogP contribution in [0.5, 0.6) is 0 Å². The lowest BCUT2D eigenvalue weighted by Gasteiger charge is -2.06. The first-order chi connectivity index (χ1) is 5.29. The van der Waals surface area contributed by atoms with E-state index < -0.39 is 0 Å². The first-order valence-electron chi connectivity index (χ1n) is 4.13. The van der Waals surface area contributed by atoms with E-state index in [1.54, 1.807) is 6.92 Å². The number of rotatable bonds is 1. The van der Waals surface area contributed by atoms with Crippen molar-refractivity contribution in [2.45, 2.75) is 37.9 Å². The maximum absolute atomic E-state index is 10.8. The summed E-state index contributed by atoms with van der Waals surface area (Å²) in [4.78, 5) is 10.8. The van der Waals surface area contributed by atoms with Crippen LogP contribution in [0.2, 0.25) is 0 Å². The minimum atomic E-state index is 0.238. The molecule has 1 atom stereocenters. The molecular weight excluding hydrogens is 156 g/mol. The second-order valence-corrected chi connectivity index (χ2v) is 4.28. The van der Waals surface area contributed by atoms with Gasteiger partial charge in [-0.1, -0.05) is 30.3 Å². The van der Waals surface area contributed by atoms with Crippen LogP contribution in [0.15, 0.2) is 12.2 Å². The van der Waals surface area contributed by atoms with Crippen molar-refractivity contribution in [3.8, 4) is 0 Å². The van der Waals surface area contributed by atoms with Crippen LogP contribution < -0.4 is 0 Å². The lowest BCUT2D eigenvalue weighted by Crippen LogP contribution is -1.99. The molecule has 1 aliphatic rings. The van der Waals surface area contributed by atoms with Crippen molar-refractivity contribution in [2.24, 2.45) is 0 Å². The van der Waals surface area contributed by atoms with Crippen LogP contribution in [-0.2, 0) is 4.79 Å². The van der Waals surface area contributed by atoms with E-state index in [0.29, 0.717) is 5.25 Å². The van der Waals surface area contributed by atoms with E-state index in [0.717, 1.165) is 0 Å². The fraction of sp³-hybridized carbons (Fsp3) is 0.667. The molecule has 0 aromatic rings. The molecule has 0 saturated heterocycles. The van der Waals surface area contributed by atoms with Gasteiger partial charge in [-0.15, -0.1) is 0 Å². The summed E-state index contributed by atoms with van der Waals surface area (Å²) in [6.07, 6.45) is 9.28. The molecule has 0 aliphatic heterocycles. The Bertz CT molecular complexity index is 163. The highest BCUT2D eigenvalue weighted by molar-refractivity contribution is 8.14. The summed E-state index contributed by atoms with van der Waals surface area (Å²) >= 11 is 1.46. The molecule has 1 nitrogen and oxygen atoms in total. The van der Waals surface area contributed by atoms with Gasteiger partial charge in [0.25, 0.3) is 0 Å². The Labute approximate surface area is 72.2 Å². The maximum Gasteiger partial charge on any atom is 0.186 e. The lowest BCUT2D eigenvalue weighted by molar-refractivity contribution is -0.109. The third-order valence-electron chi connectivity index (χ3n) is 1.78. The summed E-state index contributed by atoms with van der Waals surface area (Å²) in [6, 6.07) is 0. The standard InChI is InChI=1S/C9H14OS/c1-8(10)11-9-6-4-2-3-5-7-9/h4,6,9H,2-3,5,7H2,1H3. The molecule has 2 heteroatoms. The molecule has 1 rings (SSSR count). The van der Waals surface area contributed by atoms with Crippen molar-refractivity contribution in [3.05, 3.63) is 12.2 Å². The third-order valence-corrected chi connectivity index (χ3v) is 2.81. The molecule has 1 unspecified atom stereocenters. The van der Waals surface area contributed by atoms with Crippen molar-refractivity contribution in [1.29, 1.82) is 0 Å². The van der Waals surface area contributed by atoms with E-state index in [1.807, 2.05) is 0 Å². The van der Waals surface area contributed by atoms with Crippen molar-refractivity contribution < 1.29 is 4.79 Å². The highest BCUT2D eigenvalue weighted by Gasteiger charge is 2.09. The predicted molar refractivity (Wildman–Crippen MR) is 49.7 cm³/mol. The van der Waals surface area contributed by atoms with Crippen LogP contribution in [0.4, 0.5) is 0 Å². The first kappa shape index (κ1) is 8.85. The van der Waals surface area contributed by atoms with Gasteiger partial charge in [0.2, 0.25) is 0 Å². The molecule has 0 spiro atoms. The van der Waals surface area contributed by atoms with Gasteiger partial charge in [-0.2, -0.15) is 0 Å². The van der Waals surface area contributed by atoms with Gasteiger partial charge in [-0.25, -0.2) is 0 Å². The zero-order chi connectivity index (χ0) is 8.10. The molecule has 0 radical (unpaired) electrons. The monoisotopic (exact) mass is 170 g/mol. The quantitative estimate of drug-likeness (QED) is 0.563. The average Bonchev–Trinajstić information content (AvgIpc) is 2.14. The van der Waals surface area contributed by atoms with Gasteiger partial charge in [0.1, 0.15) is 0 Å². The minimum Gasteiger partial charge on any atom is -0.288 e. The molecule has 0 bridgehead atoms. The molecule has 0 fully saturated rings. The van der Waals surface area contributed by atoms with E-state index in [1.165, 1.54) is 37.4 Å². The van der Waals surface area contributed by atoms with E-state index in [-0.39, 0.29) is 5.12 Å². The fourth-order valence-corrected chi connectivity index (χ4v) is 2.16. The summed E-state index contributed by atoms with van der Waals surface area (Å²) < 4.78 is 0. The molecular formula is C9H14OS. The van der Waals surface area contributed by atoms with Crippen molar-refractivity contribution in [2.75, 3.05) is 0 Å². The van der Waals surface area contributed by atoms with Crippen LogP contribution in [0, 0.1) is 0 Å². The molecule has 0 heterocycles. The highest BCUT2D eigenvalue weighted by Crippen LogP contribution is 2.22. The number of thioether (sulfide) groups is 1. The Morgan fingerprint density at radius 2 is 2.36 bits per heavy atom. The lowest BCUT2D eigenvalue weighted by atomic mass is 10.2. The van der Waals surface area contributed by atoms with Gasteiger partial charge in [-0.3, -0.25) is 4.79 Å². The van der Waals surface area contributed by atoms with E-state index in [2.05, 4.69) is 12.2 Å². The second kappa shape index (κ2) is 4.60. The summed E-state index contributed by atoms with van der Waals surface area (Å²) in [5.74, 6) is 0. The van der Waals surface area contributed by atoms with Gasteiger partial charge in [0.05, 0.1) is 0 Å². The summed E-state index contributed by atoms with van der Waals surface area (Å²) in [5, 5.41) is 0.691. The van der Waals surface area contributed by atoms with Crippen LogP contribution >= 0.6 is 11.8 Å². The van der Waals surface area contributed by atoms with Gasteiger partial charge < -0.3 is 0 Å². The molecule has 11 heavy (non-hydrogen) atoms. The van der Waals surface area contributed by atoms with Crippen LogP contribution in [-0.4, -0.2) is 10.4 Å². The third kappa shape index (κ3) is 3.61. The van der Waals surface area contributed by atoms with E-state index in [4.69, 9.17) is 0 Å². The first-order valence-corrected chi connectivity index (χ1v) is 5.01. The number of carbonyl (C=O) groups excluding carboxylic acids is 1. The Morgan fingerprint density at radius 1 is 1.55 bits per heavy atom. The molecule has 1 aliphatic carbocycles. The van der Waals surface area contributed by atoms with Gasteiger partial charge in [0, 0.05) is 12.2 Å². The number of hydrogen-bond donors (Lipinski definition) is 0. The molecule has 62 valence electrons. The smallest absolute Gasteiger partial charge is 0.186 e. The van der Waals surface area contributed by atoms with Gasteiger partial charge in [0.15, 0.2) is 5.12 Å². The predicted octanol–water partition coefficient (Wildman–Crippen LogP) is 2.76. The largest absolute Gasteiger partial charge is 0.288 e. The normalized spacial score (nSPS) is 24.6. The topological polar surface area (TPSA) is 17.1 Å². The fourth-order valence-electron chi connectivity index (χ4n) is 1.26. The molecule has 0 aromatic heterocycles. The average molecular weight is 170 g/mol. The Kier molecular flexibility index (Phi) is 3.70. The summed E-state index contributed by atoms with van der Waals surface area (Å²) in [5.41, 5.74) is 0. The summed E-state index contributed by atoms with van der Waals surface area (Å²) in [7, 11) is 0. The Balaban J connectivity index is 2.36. The Morgan fingerprint density at radius 3 is 3.09 bits per heavy atom. The minimum absolute atomic E-state index is 0.238. The zero-order valence-electron chi connectivity index (χ0n) is 6.88. The SMILES string of the molecule is CC(=O)SC1C=CCCCC1. The molecule has 0 amide bonds. The zero-order valence-corrected chi connectivity index (χ0v) is 7.69. The second-order valence-electron chi connectivity index (χ2n) is 2.86. The van der Waals surface area contributed by atoms with Crippen molar-refractivity contribution >= 4 is 16.9 Å². The van der Waals surface area contributed by atoms with Crippen LogP contribution in [0.1, 0.15) is 32.6 Å². The van der Waals surface area contributed by atoms with E-state index in [9.17, 15) is 4.79 Å². The molecule has 0 saturated carbocycles. The number of hydrogen-bond acceptors (Lipinski definition) is 2. The van der Waals surface area contributed by atoms with E-state index >= 15 is 0 Å². The van der Waals surface area contributed by atoms with Crippen molar-refractivity contribution in [3.63, 3.8) is 0 Å². The number of carbonyl (C=O) groups is 1. The molecule has 0 aromatic carbocycles. The van der Waals surface area contributed by atoms with Crippen LogP contribution in [0.25, 0.3) is 0 Å². The highest BCUT2D eigenvalue weighted by atomic mass is 32.2. The van der Waals surface area contributed by atoms with Crippen molar-refractivity contribution in [1.82, 2.24) is 0 Å². The number of allylic oxidation sites excluding steroid dienone is 1. The summed E-state index contributed by atoms with van der Waals surface area (Å²) in [6.45, 7) is 1.64. The maximum atomic E-state index is 10.8. The molecule has 0 N–H and O–H groups in total.